The fourth-order valence-corrected chi connectivity index (χ4v) is 7.31. The third kappa shape index (κ3) is 11.8. The zero-order chi connectivity index (χ0) is 42.1. The van der Waals surface area contributed by atoms with E-state index < -0.39 is 41.5 Å². The summed E-state index contributed by atoms with van der Waals surface area (Å²) in [7, 11) is 0. The van der Waals surface area contributed by atoms with Gasteiger partial charge in [0.15, 0.2) is 0 Å². The molecule has 0 spiro atoms. The van der Waals surface area contributed by atoms with E-state index in [-0.39, 0.29) is 48.9 Å². The number of carbonyl (C=O) groups excluding carboxylic acids is 4. The second-order valence-electron chi connectivity index (χ2n) is 16.1. The molecule has 6 N–H and O–H groups in total. The van der Waals surface area contributed by atoms with Crippen LogP contribution in [0.5, 0.6) is 0 Å². The molecule has 1 atom stereocenters. The predicted molar refractivity (Wildman–Crippen MR) is 215 cm³/mol. The van der Waals surface area contributed by atoms with Crippen LogP contribution in [0.3, 0.4) is 0 Å². The van der Waals surface area contributed by atoms with Gasteiger partial charge in [0.25, 0.3) is 5.91 Å². The van der Waals surface area contributed by atoms with Crippen molar-refractivity contribution in [3.63, 3.8) is 0 Å². The van der Waals surface area contributed by atoms with Gasteiger partial charge in [-0.05, 0) is 124 Å². The maximum absolute atomic E-state index is 14.9. The van der Waals surface area contributed by atoms with E-state index in [1.165, 1.54) is 17.0 Å². The highest BCUT2D eigenvalue weighted by atomic mass is 19.1. The largest absolute Gasteiger partial charge is 0.465 e. The van der Waals surface area contributed by atoms with Crippen molar-refractivity contribution >= 4 is 35.6 Å². The lowest BCUT2D eigenvalue weighted by molar-refractivity contribution is -0.130. The van der Waals surface area contributed by atoms with Gasteiger partial charge in [-0.2, -0.15) is 5.21 Å². The van der Waals surface area contributed by atoms with Crippen molar-refractivity contribution in [2.45, 2.75) is 83.4 Å². The highest BCUT2D eigenvalue weighted by Gasteiger charge is 2.31. The fraction of sp³-hybridized carbons (Fsp3) is 0.429. The van der Waals surface area contributed by atoms with Crippen LogP contribution < -0.4 is 21.3 Å². The number of anilines is 1. The van der Waals surface area contributed by atoms with E-state index in [1.54, 1.807) is 51.1 Å². The van der Waals surface area contributed by atoms with E-state index in [2.05, 4.69) is 41.9 Å². The summed E-state index contributed by atoms with van der Waals surface area (Å²) in [5.41, 5.74) is 2.57. The van der Waals surface area contributed by atoms with Gasteiger partial charge in [-0.3, -0.25) is 14.4 Å². The number of nitrogens with zero attached hydrogens (tertiary/aromatic N) is 4. The van der Waals surface area contributed by atoms with E-state index in [4.69, 9.17) is 4.74 Å². The molecule has 2 heterocycles. The first-order valence-corrected chi connectivity index (χ1v) is 19.8. The SMILES string of the molecule is CC(C)(C)OC(=O)NC[C@H]1CC[C@H](C(=O)N[C@@H](Cc2ccc(-c3ccc(F)c(C(=O)NC4CCN(C(=O)O)CC4)c3)cc2)C(=O)Nc2ccc(-c3nn[nH]n3)cc2)CC1. The number of hydrogen-bond acceptors (Lipinski definition) is 9. The Hall–Kier alpha value is -6.39. The molecule has 0 unspecified atom stereocenters. The number of carboxylic acid groups (broad SMARTS) is 1. The molecule has 17 heteroatoms. The number of ether oxygens (including phenoxy) is 1. The molecule has 0 radical (unpaired) electrons. The molecule has 6 rings (SSSR count). The average Bonchev–Trinajstić information content (AvgIpc) is 3.76. The number of nitrogens with one attached hydrogen (secondary N) is 5. The van der Waals surface area contributed by atoms with Crippen molar-refractivity contribution in [3.8, 4) is 22.5 Å². The molecule has 5 amide bonds. The molecule has 2 fully saturated rings. The quantitative estimate of drug-likeness (QED) is 0.105. The maximum Gasteiger partial charge on any atom is 0.407 e. The number of benzene rings is 3. The number of H-pyrrole nitrogens is 1. The molecule has 1 aromatic heterocycles. The first-order valence-electron chi connectivity index (χ1n) is 19.8. The minimum Gasteiger partial charge on any atom is -0.465 e. The summed E-state index contributed by atoms with van der Waals surface area (Å²) in [4.78, 5) is 65.3. The smallest absolute Gasteiger partial charge is 0.407 e. The molecule has 2 aliphatic rings. The Kier molecular flexibility index (Phi) is 13.5. The second kappa shape index (κ2) is 18.9. The lowest BCUT2D eigenvalue weighted by Gasteiger charge is -2.30. The number of hydrogen-bond donors (Lipinski definition) is 6. The summed E-state index contributed by atoms with van der Waals surface area (Å²) >= 11 is 0. The Morgan fingerprint density at radius 1 is 0.898 bits per heavy atom. The Morgan fingerprint density at radius 3 is 2.19 bits per heavy atom. The number of likely N-dealkylation sites (tertiary alicyclic amines) is 1. The number of alkyl carbamates (subject to hydrolysis) is 1. The Labute approximate surface area is 341 Å². The van der Waals surface area contributed by atoms with E-state index in [0.717, 1.165) is 18.4 Å². The first-order chi connectivity index (χ1) is 28.2. The molecule has 59 heavy (non-hydrogen) atoms. The van der Waals surface area contributed by atoms with Crippen molar-refractivity contribution in [2.75, 3.05) is 25.0 Å². The van der Waals surface area contributed by atoms with E-state index in [0.29, 0.717) is 60.4 Å². The van der Waals surface area contributed by atoms with Crippen molar-refractivity contribution in [3.05, 3.63) is 83.7 Å². The Balaban J connectivity index is 1.11. The Bertz CT molecular complexity index is 2090. The normalized spacial score (nSPS) is 17.7. The number of aromatic nitrogens is 4. The lowest BCUT2D eigenvalue weighted by atomic mass is 9.81. The third-order valence-corrected chi connectivity index (χ3v) is 10.6. The number of rotatable bonds is 12. The molecule has 0 bridgehead atoms. The van der Waals surface area contributed by atoms with Crippen LogP contribution in [0, 0.1) is 17.7 Å². The van der Waals surface area contributed by atoms with Crippen LogP contribution >= 0.6 is 0 Å². The summed E-state index contributed by atoms with van der Waals surface area (Å²) < 4.78 is 20.2. The summed E-state index contributed by atoms with van der Waals surface area (Å²) in [6.45, 7) is 6.44. The second-order valence-corrected chi connectivity index (χ2v) is 16.1. The van der Waals surface area contributed by atoms with Gasteiger partial charge in [-0.15, -0.1) is 10.2 Å². The van der Waals surface area contributed by atoms with Crippen molar-refractivity contribution in [2.24, 2.45) is 11.8 Å². The number of tetrazole rings is 1. The van der Waals surface area contributed by atoms with Gasteiger partial charge in [0.2, 0.25) is 17.6 Å². The maximum atomic E-state index is 14.9. The number of halogens is 1. The molecule has 312 valence electrons. The van der Waals surface area contributed by atoms with Crippen molar-refractivity contribution in [1.29, 1.82) is 0 Å². The van der Waals surface area contributed by atoms with Crippen molar-refractivity contribution in [1.82, 2.24) is 41.5 Å². The summed E-state index contributed by atoms with van der Waals surface area (Å²) in [5, 5.41) is 34.7. The molecular formula is C42H50FN9O7. The lowest BCUT2D eigenvalue weighted by Crippen LogP contribution is -2.48. The number of aromatic amines is 1. The van der Waals surface area contributed by atoms with Gasteiger partial charge in [-0.1, -0.05) is 30.3 Å². The van der Waals surface area contributed by atoms with Crippen LogP contribution in [0.2, 0.25) is 0 Å². The molecule has 3 aromatic carbocycles. The minimum atomic E-state index is -1.01. The summed E-state index contributed by atoms with van der Waals surface area (Å²) in [6.07, 6.45) is 2.25. The summed E-state index contributed by atoms with van der Waals surface area (Å²) in [5.74, 6) is -1.58. The molecule has 1 saturated carbocycles. The van der Waals surface area contributed by atoms with E-state index in [9.17, 15) is 33.5 Å². The van der Waals surface area contributed by atoms with Crippen LogP contribution in [0.1, 0.15) is 75.2 Å². The van der Waals surface area contributed by atoms with Crippen LogP contribution in [-0.4, -0.2) is 97.9 Å². The topological polar surface area (TPSA) is 221 Å². The van der Waals surface area contributed by atoms with Gasteiger partial charge in [-0.25, -0.2) is 14.0 Å². The molecule has 16 nitrogen and oxygen atoms in total. The van der Waals surface area contributed by atoms with Gasteiger partial charge < -0.3 is 36.0 Å². The van der Waals surface area contributed by atoms with Gasteiger partial charge in [0.1, 0.15) is 17.5 Å². The monoisotopic (exact) mass is 811 g/mol. The highest BCUT2D eigenvalue weighted by Crippen LogP contribution is 2.29. The zero-order valence-corrected chi connectivity index (χ0v) is 33.3. The third-order valence-electron chi connectivity index (χ3n) is 10.6. The number of amides is 5. The number of carbonyl (C=O) groups is 5. The molecule has 4 aromatic rings. The van der Waals surface area contributed by atoms with Gasteiger partial charge in [0, 0.05) is 49.3 Å². The van der Waals surface area contributed by atoms with Crippen molar-refractivity contribution < 1.29 is 38.2 Å². The standard InChI is InChI=1S/C42H50FN9O7/c1-42(2,3)59-40(56)44-24-26-6-10-29(11-7-26)37(53)47-35(39(55)46-31-15-12-28(13-16-31)36-48-50-51-49-36)22-25-4-8-27(9-5-25)30-14-17-34(43)33(23-30)38(54)45-32-18-20-52(21-19-32)41(57)58/h4-5,8-9,12-17,23,26,29,32,35H,6-7,10-11,18-22,24H2,1-3H3,(H,44,56)(H,45,54)(H,46,55)(H,47,53)(H,57,58)(H,48,49,50,51)/t26-,29-,35-/m0/s1. The zero-order valence-electron chi connectivity index (χ0n) is 33.3. The molecule has 1 aliphatic heterocycles. The van der Waals surface area contributed by atoms with Crippen LogP contribution in [0.4, 0.5) is 19.7 Å². The highest BCUT2D eigenvalue weighted by molar-refractivity contribution is 5.98. The van der Waals surface area contributed by atoms with Crippen LogP contribution in [-0.2, 0) is 20.7 Å². The van der Waals surface area contributed by atoms with E-state index >= 15 is 0 Å². The molecular weight excluding hydrogens is 762 g/mol. The summed E-state index contributed by atoms with van der Waals surface area (Å²) in [6, 6.07) is 17.3. The van der Waals surface area contributed by atoms with Gasteiger partial charge in [0.05, 0.1) is 5.56 Å². The fourth-order valence-electron chi connectivity index (χ4n) is 7.31. The first kappa shape index (κ1) is 42.2. The average molecular weight is 812 g/mol. The van der Waals surface area contributed by atoms with Gasteiger partial charge >= 0.3 is 12.2 Å². The number of piperidine rings is 1. The minimum absolute atomic E-state index is 0.120. The molecule has 1 saturated heterocycles. The van der Waals surface area contributed by atoms with Crippen LogP contribution in [0.25, 0.3) is 22.5 Å². The molecule has 1 aliphatic carbocycles. The van der Waals surface area contributed by atoms with E-state index in [1.807, 2.05) is 24.3 Å². The Morgan fingerprint density at radius 2 is 1.56 bits per heavy atom. The van der Waals surface area contributed by atoms with Crippen LogP contribution in [0.15, 0.2) is 66.7 Å². The predicted octanol–water partition coefficient (Wildman–Crippen LogP) is 5.54.